The third-order valence-electron chi connectivity index (χ3n) is 4.03. The molecule has 0 spiro atoms. The van der Waals surface area contributed by atoms with E-state index in [9.17, 15) is 14.0 Å². The van der Waals surface area contributed by atoms with E-state index in [0.717, 1.165) is 0 Å². The van der Waals surface area contributed by atoms with E-state index < -0.39 is 5.54 Å². The molecule has 1 aliphatic heterocycles. The van der Waals surface area contributed by atoms with E-state index in [1.807, 2.05) is 0 Å². The Bertz CT molecular complexity index is 564. The van der Waals surface area contributed by atoms with Gasteiger partial charge in [-0.3, -0.25) is 9.59 Å². The highest BCUT2D eigenvalue weighted by Gasteiger charge is 2.46. The smallest absolute Gasteiger partial charge is 0.245 e. The number of methoxy groups -OCH3 is 1. The third-order valence-corrected chi connectivity index (χ3v) is 4.03. The number of carbonyl (C=O) groups excluding carboxylic acids is 2. The minimum Gasteiger partial charge on any atom is -0.383 e. The van der Waals surface area contributed by atoms with E-state index in [1.54, 1.807) is 26.2 Å². The fourth-order valence-electron chi connectivity index (χ4n) is 2.67. The van der Waals surface area contributed by atoms with E-state index in [2.05, 4.69) is 5.32 Å². The van der Waals surface area contributed by atoms with Crippen LogP contribution in [0, 0.1) is 5.82 Å². The van der Waals surface area contributed by atoms with Crippen LogP contribution in [0.4, 0.5) is 4.39 Å². The normalized spacial score (nSPS) is 21.2. The number of halogens is 1. The molecule has 1 aromatic carbocycles. The van der Waals surface area contributed by atoms with Crippen molar-refractivity contribution < 1.29 is 18.7 Å². The highest BCUT2D eigenvalue weighted by molar-refractivity contribution is 5.94. The van der Waals surface area contributed by atoms with Crippen molar-refractivity contribution in [1.82, 2.24) is 10.2 Å². The predicted octanol–water partition coefficient (Wildman–Crippen LogP) is 1.47. The molecule has 0 aromatic heterocycles. The first kappa shape index (κ1) is 16.4. The van der Waals surface area contributed by atoms with Crippen molar-refractivity contribution in [3.63, 3.8) is 0 Å². The lowest BCUT2D eigenvalue weighted by atomic mass is 9.97. The van der Waals surface area contributed by atoms with Gasteiger partial charge >= 0.3 is 0 Å². The summed E-state index contributed by atoms with van der Waals surface area (Å²) in [6, 6.07) is 6.08. The van der Waals surface area contributed by atoms with Gasteiger partial charge in [-0.1, -0.05) is 12.1 Å². The molecular formula is C16H21FN2O3. The fourth-order valence-corrected chi connectivity index (χ4v) is 2.67. The topological polar surface area (TPSA) is 58.6 Å². The van der Waals surface area contributed by atoms with Gasteiger partial charge in [0.15, 0.2) is 0 Å². The first-order valence-electron chi connectivity index (χ1n) is 7.29. The van der Waals surface area contributed by atoms with Gasteiger partial charge in [0.1, 0.15) is 11.4 Å². The molecule has 1 atom stereocenters. The van der Waals surface area contributed by atoms with Gasteiger partial charge in [0.2, 0.25) is 11.8 Å². The van der Waals surface area contributed by atoms with E-state index in [0.29, 0.717) is 31.6 Å². The number of amides is 2. The number of hydrogen-bond acceptors (Lipinski definition) is 3. The van der Waals surface area contributed by atoms with E-state index in [4.69, 9.17) is 4.74 Å². The average molecular weight is 308 g/mol. The quantitative estimate of drug-likeness (QED) is 0.810. The second-order valence-corrected chi connectivity index (χ2v) is 5.63. The molecule has 1 fully saturated rings. The Morgan fingerprint density at radius 3 is 2.95 bits per heavy atom. The Morgan fingerprint density at radius 2 is 2.27 bits per heavy atom. The van der Waals surface area contributed by atoms with Crippen LogP contribution in [0.3, 0.4) is 0 Å². The first-order chi connectivity index (χ1) is 10.5. The predicted molar refractivity (Wildman–Crippen MR) is 79.5 cm³/mol. The fraction of sp³-hybridized carbons (Fsp3) is 0.500. The maximum absolute atomic E-state index is 13.3. The Labute approximate surface area is 129 Å². The molecule has 0 aliphatic carbocycles. The van der Waals surface area contributed by atoms with Crippen molar-refractivity contribution >= 4 is 11.8 Å². The zero-order valence-corrected chi connectivity index (χ0v) is 12.9. The van der Waals surface area contributed by atoms with Gasteiger partial charge in [-0.2, -0.15) is 0 Å². The number of nitrogens with zero attached hydrogens (tertiary/aromatic N) is 1. The minimum atomic E-state index is -0.906. The second-order valence-electron chi connectivity index (χ2n) is 5.63. The summed E-state index contributed by atoms with van der Waals surface area (Å²) in [5.74, 6) is -0.643. The summed E-state index contributed by atoms with van der Waals surface area (Å²) in [7, 11) is 1.56. The molecule has 22 heavy (non-hydrogen) atoms. The van der Waals surface area contributed by atoms with Crippen molar-refractivity contribution in [2.24, 2.45) is 0 Å². The molecule has 0 saturated carbocycles. The Morgan fingerprint density at radius 1 is 1.50 bits per heavy atom. The summed E-state index contributed by atoms with van der Waals surface area (Å²) in [5, 5.41) is 2.78. The van der Waals surface area contributed by atoms with Gasteiger partial charge in [-0.25, -0.2) is 4.39 Å². The number of likely N-dealkylation sites (tertiary alicyclic amines) is 1. The first-order valence-corrected chi connectivity index (χ1v) is 7.29. The summed E-state index contributed by atoms with van der Waals surface area (Å²) in [5.41, 5.74) is -0.233. The molecule has 120 valence electrons. The largest absolute Gasteiger partial charge is 0.383 e. The molecule has 1 saturated heterocycles. The summed E-state index contributed by atoms with van der Waals surface area (Å²) in [6.07, 6.45) is 0.781. The van der Waals surface area contributed by atoms with Crippen LogP contribution in [-0.2, 0) is 20.9 Å². The Hall–Kier alpha value is -1.95. The summed E-state index contributed by atoms with van der Waals surface area (Å²) in [4.78, 5) is 26.1. The minimum absolute atomic E-state index is 0.0892. The molecule has 1 heterocycles. The molecule has 0 unspecified atom stereocenters. The second kappa shape index (κ2) is 6.87. The van der Waals surface area contributed by atoms with Crippen LogP contribution in [0.25, 0.3) is 0 Å². The summed E-state index contributed by atoms with van der Waals surface area (Å²) in [6.45, 7) is 2.79. The lowest BCUT2D eigenvalue weighted by molar-refractivity contribution is -0.141. The molecule has 0 radical (unpaired) electrons. The zero-order valence-electron chi connectivity index (χ0n) is 12.9. The number of carbonyl (C=O) groups is 2. The van der Waals surface area contributed by atoms with Crippen molar-refractivity contribution in [3.8, 4) is 0 Å². The molecule has 6 heteroatoms. The molecule has 1 N–H and O–H groups in total. The van der Waals surface area contributed by atoms with Crippen LogP contribution in [-0.4, -0.2) is 42.5 Å². The molecule has 5 nitrogen and oxygen atoms in total. The van der Waals surface area contributed by atoms with Crippen LogP contribution in [0.2, 0.25) is 0 Å². The molecule has 2 rings (SSSR count). The number of rotatable bonds is 6. The number of hydrogen-bond donors (Lipinski definition) is 1. The van der Waals surface area contributed by atoms with Crippen LogP contribution < -0.4 is 5.32 Å². The van der Waals surface area contributed by atoms with Crippen molar-refractivity contribution in [2.45, 2.75) is 31.8 Å². The Balaban J connectivity index is 2.12. The standard InChI is InChI=1S/C16H21FN2O3/c1-16(15(21)18-8-9-22-2)7-6-14(20)19(16)11-12-4-3-5-13(17)10-12/h3-5,10H,6-9,11H2,1-2H3,(H,18,21)/t16-/m0/s1. The van der Waals surface area contributed by atoms with E-state index in [-0.39, 0.29) is 24.2 Å². The maximum atomic E-state index is 13.3. The molecular weight excluding hydrogens is 287 g/mol. The molecule has 2 amide bonds. The Kier molecular flexibility index (Phi) is 5.13. The van der Waals surface area contributed by atoms with Crippen LogP contribution in [0.1, 0.15) is 25.3 Å². The van der Waals surface area contributed by atoms with Crippen molar-refractivity contribution in [1.29, 1.82) is 0 Å². The van der Waals surface area contributed by atoms with Gasteiger partial charge < -0.3 is 15.0 Å². The van der Waals surface area contributed by atoms with Gasteiger partial charge in [-0.15, -0.1) is 0 Å². The number of nitrogens with one attached hydrogen (secondary N) is 1. The van der Waals surface area contributed by atoms with Crippen molar-refractivity contribution in [3.05, 3.63) is 35.6 Å². The average Bonchev–Trinajstić information content (AvgIpc) is 2.77. The molecule has 1 aliphatic rings. The third kappa shape index (κ3) is 3.44. The molecule has 0 bridgehead atoms. The summed E-state index contributed by atoms with van der Waals surface area (Å²) >= 11 is 0. The van der Waals surface area contributed by atoms with Gasteiger partial charge in [0.25, 0.3) is 0 Å². The van der Waals surface area contributed by atoms with E-state index >= 15 is 0 Å². The summed E-state index contributed by atoms with van der Waals surface area (Å²) < 4.78 is 18.2. The van der Waals surface area contributed by atoms with Gasteiger partial charge in [-0.05, 0) is 31.0 Å². The zero-order chi connectivity index (χ0) is 16.2. The maximum Gasteiger partial charge on any atom is 0.245 e. The SMILES string of the molecule is COCCNC(=O)[C@]1(C)CCC(=O)N1Cc1cccc(F)c1. The number of benzene rings is 1. The van der Waals surface area contributed by atoms with E-state index in [1.165, 1.54) is 17.0 Å². The monoisotopic (exact) mass is 308 g/mol. The van der Waals surface area contributed by atoms with Gasteiger partial charge in [0.05, 0.1) is 6.61 Å². The molecule has 1 aromatic rings. The highest BCUT2D eigenvalue weighted by Crippen LogP contribution is 2.32. The van der Waals surface area contributed by atoms with Crippen LogP contribution in [0.15, 0.2) is 24.3 Å². The lowest BCUT2D eigenvalue weighted by Gasteiger charge is -2.34. The highest BCUT2D eigenvalue weighted by atomic mass is 19.1. The number of ether oxygens (including phenoxy) is 1. The van der Waals surface area contributed by atoms with Crippen LogP contribution in [0.5, 0.6) is 0 Å². The van der Waals surface area contributed by atoms with Crippen molar-refractivity contribution in [2.75, 3.05) is 20.3 Å². The van der Waals surface area contributed by atoms with Crippen LogP contribution >= 0.6 is 0 Å². The van der Waals surface area contributed by atoms with Gasteiger partial charge in [0, 0.05) is 26.6 Å². The lowest BCUT2D eigenvalue weighted by Crippen LogP contribution is -2.54.